The first kappa shape index (κ1) is 21.5. The third-order valence-electron chi connectivity index (χ3n) is 4.07. The van der Waals surface area contributed by atoms with Gasteiger partial charge in [-0.2, -0.15) is 0 Å². The van der Waals surface area contributed by atoms with E-state index in [1.807, 2.05) is 6.92 Å². The largest absolute Gasteiger partial charge is 0.494 e. The van der Waals surface area contributed by atoms with Gasteiger partial charge in [0.2, 0.25) is 11.8 Å². The average Bonchev–Trinajstić information content (AvgIpc) is 2.72. The summed E-state index contributed by atoms with van der Waals surface area (Å²) in [4.78, 5) is 37.5. The van der Waals surface area contributed by atoms with Gasteiger partial charge >= 0.3 is 0 Å². The van der Waals surface area contributed by atoms with Gasteiger partial charge in [-0.1, -0.05) is 0 Å². The molecule has 9 nitrogen and oxygen atoms in total. The number of carbonyl (C=O) groups excluding carboxylic acids is 3. The van der Waals surface area contributed by atoms with Crippen molar-refractivity contribution in [3.8, 4) is 11.5 Å². The van der Waals surface area contributed by atoms with Crippen molar-refractivity contribution in [3.05, 3.63) is 24.3 Å². The fourth-order valence-electron chi connectivity index (χ4n) is 2.53. The van der Waals surface area contributed by atoms with Crippen LogP contribution in [0.1, 0.15) is 26.7 Å². The number of benzene rings is 1. The maximum atomic E-state index is 12.0. The number of hydrazine groups is 1. The number of ether oxygens (including phenoxy) is 3. The molecule has 1 heterocycles. The molecule has 0 aromatic heterocycles. The molecule has 9 heteroatoms. The first-order valence-corrected chi connectivity index (χ1v) is 9.33. The summed E-state index contributed by atoms with van der Waals surface area (Å²) in [6, 6.07) is 6.89. The Labute approximate surface area is 164 Å². The van der Waals surface area contributed by atoms with Crippen molar-refractivity contribution in [2.45, 2.75) is 32.8 Å². The van der Waals surface area contributed by atoms with Crippen LogP contribution in [0.3, 0.4) is 0 Å². The van der Waals surface area contributed by atoms with Crippen LogP contribution in [0.15, 0.2) is 24.3 Å². The molecule has 1 atom stereocenters. The maximum absolute atomic E-state index is 12.0. The van der Waals surface area contributed by atoms with Gasteiger partial charge in [0.05, 0.1) is 19.8 Å². The summed E-state index contributed by atoms with van der Waals surface area (Å²) in [5.74, 6) is 0.182. The molecule has 0 radical (unpaired) electrons. The van der Waals surface area contributed by atoms with Crippen LogP contribution in [0.25, 0.3) is 0 Å². The molecule has 1 fully saturated rings. The summed E-state index contributed by atoms with van der Waals surface area (Å²) < 4.78 is 16.1. The lowest BCUT2D eigenvalue weighted by Gasteiger charge is -2.26. The number of rotatable bonds is 8. The molecule has 0 unspecified atom stereocenters. The van der Waals surface area contributed by atoms with Crippen LogP contribution < -0.4 is 20.3 Å². The molecule has 0 aliphatic carbocycles. The molecule has 1 aromatic rings. The molecule has 2 rings (SSSR count). The number of morpholine rings is 1. The van der Waals surface area contributed by atoms with Gasteiger partial charge in [-0.3, -0.25) is 25.2 Å². The van der Waals surface area contributed by atoms with Gasteiger partial charge in [-0.15, -0.1) is 0 Å². The number of nitrogens with one attached hydrogen (secondary N) is 2. The number of hydrogen-bond donors (Lipinski definition) is 2. The molecule has 1 aliphatic heterocycles. The van der Waals surface area contributed by atoms with Crippen LogP contribution in [-0.2, 0) is 19.1 Å². The first-order valence-electron chi connectivity index (χ1n) is 9.33. The van der Waals surface area contributed by atoms with Crippen LogP contribution >= 0.6 is 0 Å². The Morgan fingerprint density at radius 3 is 2.36 bits per heavy atom. The third-order valence-corrected chi connectivity index (χ3v) is 4.07. The zero-order valence-corrected chi connectivity index (χ0v) is 16.2. The minimum atomic E-state index is -0.812. The molecule has 1 aromatic carbocycles. The molecule has 154 valence electrons. The number of hydrogen-bond acceptors (Lipinski definition) is 6. The summed E-state index contributed by atoms with van der Waals surface area (Å²) in [5, 5.41) is 0. The molecule has 3 amide bonds. The van der Waals surface area contributed by atoms with Gasteiger partial charge in [-0.05, 0) is 38.1 Å². The van der Waals surface area contributed by atoms with E-state index in [4.69, 9.17) is 14.2 Å². The molecule has 1 saturated heterocycles. The van der Waals surface area contributed by atoms with Crippen molar-refractivity contribution in [3.63, 3.8) is 0 Å². The lowest BCUT2D eigenvalue weighted by atomic mass is 10.2. The van der Waals surface area contributed by atoms with Crippen molar-refractivity contribution >= 4 is 17.7 Å². The van der Waals surface area contributed by atoms with Crippen LogP contribution in [-0.4, -0.2) is 61.6 Å². The topological polar surface area (TPSA) is 106 Å². The third kappa shape index (κ3) is 7.07. The highest BCUT2D eigenvalue weighted by Crippen LogP contribution is 2.18. The predicted octanol–water partition coefficient (Wildman–Crippen LogP) is 0.639. The molecule has 0 spiro atoms. The number of nitrogens with zero attached hydrogens (tertiary/aromatic N) is 1. The second-order valence-corrected chi connectivity index (χ2v) is 6.20. The van der Waals surface area contributed by atoms with E-state index < -0.39 is 17.9 Å². The summed E-state index contributed by atoms with van der Waals surface area (Å²) in [7, 11) is 0. The van der Waals surface area contributed by atoms with E-state index in [1.54, 1.807) is 36.1 Å². The first-order chi connectivity index (χ1) is 13.5. The van der Waals surface area contributed by atoms with E-state index in [-0.39, 0.29) is 18.7 Å². The fourth-order valence-corrected chi connectivity index (χ4v) is 2.53. The summed E-state index contributed by atoms with van der Waals surface area (Å²) >= 11 is 0. The fraction of sp³-hybridized carbons (Fsp3) is 0.526. The Bertz CT molecular complexity index is 658. The average molecular weight is 393 g/mol. The quantitative estimate of drug-likeness (QED) is 0.628. The second kappa shape index (κ2) is 11.1. The number of amides is 3. The standard InChI is InChI=1S/C19H27N3O6/c1-3-27-15-4-6-16(7-5-15)28-14(2)19(25)21-20-17(23)8-9-18(24)22-10-12-26-13-11-22/h4-7,14H,3,8-13H2,1-2H3,(H,20,23)(H,21,25)/t14-/m0/s1. The van der Waals surface area contributed by atoms with Crippen molar-refractivity contribution in [1.82, 2.24) is 15.8 Å². The number of carbonyl (C=O) groups is 3. The molecule has 2 N–H and O–H groups in total. The molecule has 28 heavy (non-hydrogen) atoms. The summed E-state index contributed by atoms with van der Waals surface area (Å²) in [6.45, 7) is 6.13. The van der Waals surface area contributed by atoms with Gasteiger partial charge < -0.3 is 19.1 Å². The van der Waals surface area contributed by atoms with Gasteiger partial charge in [0, 0.05) is 25.9 Å². The summed E-state index contributed by atoms with van der Waals surface area (Å²) in [6.07, 6.45) is -0.738. The Kier molecular flexibility index (Phi) is 8.54. The van der Waals surface area contributed by atoms with E-state index in [1.165, 1.54) is 0 Å². The Hall–Kier alpha value is -2.81. The van der Waals surface area contributed by atoms with E-state index in [0.717, 1.165) is 0 Å². The minimum absolute atomic E-state index is 0.00933. The zero-order valence-electron chi connectivity index (χ0n) is 16.2. The normalized spacial score (nSPS) is 14.7. The Balaban J connectivity index is 1.67. The SMILES string of the molecule is CCOc1ccc(O[C@@H](C)C(=O)NNC(=O)CCC(=O)N2CCOCC2)cc1. The van der Waals surface area contributed by atoms with Gasteiger partial charge in [0.1, 0.15) is 11.5 Å². The molecular weight excluding hydrogens is 366 g/mol. The zero-order chi connectivity index (χ0) is 20.4. The highest BCUT2D eigenvalue weighted by atomic mass is 16.5. The van der Waals surface area contributed by atoms with Crippen LogP contribution in [0.2, 0.25) is 0 Å². The highest BCUT2D eigenvalue weighted by Gasteiger charge is 2.19. The maximum Gasteiger partial charge on any atom is 0.279 e. The van der Waals surface area contributed by atoms with Crippen molar-refractivity contribution in [1.29, 1.82) is 0 Å². The second-order valence-electron chi connectivity index (χ2n) is 6.20. The summed E-state index contributed by atoms with van der Waals surface area (Å²) in [5.41, 5.74) is 4.60. The minimum Gasteiger partial charge on any atom is -0.494 e. The lowest BCUT2D eigenvalue weighted by Crippen LogP contribution is -2.47. The van der Waals surface area contributed by atoms with E-state index in [9.17, 15) is 14.4 Å². The molecule has 0 bridgehead atoms. The molecule has 0 saturated carbocycles. The van der Waals surface area contributed by atoms with Crippen LogP contribution in [0.4, 0.5) is 0 Å². The van der Waals surface area contributed by atoms with Gasteiger partial charge in [-0.25, -0.2) is 0 Å². The highest BCUT2D eigenvalue weighted by molar-refractivity contribution is 5.87. The lowest BCUT2D eigenvalue weighted by molar-refractivity contribution is -0.137. The predicted molar refractivity (Wildman–Crippen MR) is 101 cm³/mol. The van der Waals surface area contributed by atoms with Gasteiger partial charge in [0.25, 0.3) is 5.91 Å². The Morgan fingerprint density at radius 1 is 1.07 bits per heavy atom. The smallest absolute Gasteiger partial charge is 0.279 e. The Morgan fingerprint density at radius 2 is 1.71 bits per heavy atom. The molecule has 1 aliphatic rings. The van der Waals surface area contributed by atoms with E-state index in [2.05, 4.69) is 10.9 Å². The van der Waals surface area contributed by atoms with E-state index >= 15 is 0 Å². The monoisotopic (exact) mass is 393 g/mol. The van der Waals surface area contributed by atoms with Gasteiger partial charge in [0.15, 0.2) is 6.10 Å². The van der Waals surface area contributed by atoms with Crippen molar-refractivity contribution in [2.75, 3.05) is 32.9 Å². The van der Waals surface area contributed by atoms with Crippen LogP contribution in [0.5, 0.6) is 11.5 Å². The van der Waals surface area contributed by atoms with E-state index in [0.29, 0.717) is 44.4 Å². The molecular formula is C19H27N3O6. The van der Waals surface area contributed by atoms with Crippen LogP contribution in [0, 0.1) is 0 Å². The van der Waals surface area contributed by atoms with Crippen molar-refractivity contribution < 1.29 is 28.6 Å². The van der Waals surface area contributed by atoms with Crippen molar-refractivity contribution in [2.24, 2.45) is 0 Å².